The standard InChI is InChI=1S/C14H25N3OS/c1-3-12(15-4-2)14-17-16-13(19-14)9-8-11-7-5-6-10-18-11/h11-12,15H,3-10H2,1-2H3. The van der Waals surface area contributed by atoms with E-state index in [1.54, 1.807) is 11.3 Å². The molecule has 2 heterocycles. The number of rotatable bonds is 7. The van der Waals surface area contributed by atoms with Crippen LogP contribution in [0.1, 0.15) is 62.0 Å². The van der Waals surface area contributed by atoms with Crippen LogP contribution in [0.5, 0.6) is 0 Å². The molecule has 1 saturated heterocycles. The van der Waals surface area contributed by atoms with Gasteiger partial charge in [-0.25, -0.2) is 0 Å². The highest BCUT2D eigenvalue weighted by Gasteiger charge is 2.17. The van der Waals surface area contributed by atoms with Gasteiger partial charge in [-0.15, -0.1) is 10.2 Å². The van der Waals surface area contributed by atoms with Gasteiger partial charge >= 0.3 is 0 Å². The normalized spacial score (nSPS) is 21.5. The van der Waals surface area contributed by atoms with Crippen molar-refractivity contribution in [1.29, 1.82) is 0 Å². The summed E-state index contributed by atoms with van der Waals surface area (Å²) in [5, 5.41) is 14.4. The van der Waals surface area contributed by atoms with Gasteiger partial charge in [0.2, 0.25) is 0 Å². The third-order valence-corrected chi connectivity index (χ3v) is 4.69. The highest BCUT2D eigenvalue weighted by Crippen LogP contribution is 2.23. The fourth-order valence-electron chi connectivity index (χ4n) is 2.48. The Morgan fingerprint density at radius 1 is 1.37 bits per heavy atom. The Balaban J connectivity index is 1.82. The first-order valence-corrected chi connectivity index (χ1v) is 8.32. The topological polar surface area (TPSA) is 47.0 Å². The maximum atomic E-state index is 5.76. The molecule has 1 fully saturated rings. The van der Waals surface area contributed by atoms with E-state index < -0.39 is 0 Å². The van der Waals surface area contributed by atoms with Crippen molar-refractivity contribution >= 4 is 11.3 Å². The SMILES string of the molecule is CCNC(CC)c1nnc(CCC2CCCCO2)s1. The fraction of sp³-hybridized carbons (Fsp3) is 0.857. The van der Waals surface area contributed by atoms with E-state index >= 15 is 0 Å². The number of aromatic nitrogens is 2. The van der Waals surface area contributed by atoms with Crippen molar-refractivity contribution < 1.29 is 4.74 Å². The molecule has 4 nitrogen and oxygen atoms in total. The van der Waals surface area contributed by atoms with Crippen molar-refractivity contribution in [2.75, 3.05) is 13.2 Å². The van der Waals surface area contributed by atoms with Crippen molar-refractivity contribution in [2.24, 2.45) is 0 Å². The third kappa shape index (κ3) is 4.51. The molecule has 0 radical (unpaired) electrons. The van der Waals surface area contributed by atoms with Gasteiger partial charge in [0.25, 0.3) is 0 Å². The lowest BCUT2D eigenvalue weighted by atomic mass is 10.1. The van der Waals surface area contributed by atoms with Crippen LogP contribution in [0.15, 0.2) is 0 Å². The van der Waals surface area contributed by atoms with E-state index in [4.69, 9.17) is 4.74 Å². The van der Waals surface area contributed by atoms with Gasteiger partial charge in [0.15, 0.2) is 0 Å². The first kappa shape index (κ1) is 14.9. The number of nitrogens with zero attached hydrogens (tertiary/aromatic N) is 2. The van der Waals surface area contributed by atoms with Gasteiger partial charge in [0, 0.05) is 13.0 Å². The lowest BCUT2D eigenvalue weighted by molar-refractivity contribution is 0.0115. The Hall–Kier alpha value is -0.520. The Labute approximate surface area is 120 Å². The van der Waals surface area contributed by atoms with E-state index in [1.807, 2.05) is 0 Å². The molecule has 19 heavy (non-hydrogen) atoms. The van der Waals surface area contributed by atoms with Crippen LogP contribution < -0.4 is 5.32 Å². The average molecular weight is 283 g/mol. The minimum absolute atomic E-state index is 0.363. The third-order valence-electron chi connectivity index (χ3n) is 3.59. The monoisotopic (exact) mass is 283 g/mol. The number of hydrogen-bond donors (Lipinski definition) is 1. The summed E-state index contributed by atoms with van der Waals surface area (Å²) in [5.41, 5.74) is 0. The molecule has 0 aromatic carbocycles. The first-order chi connectivity index (χ1) is 9.33. The highest BCUT2D eigenvalue weighted by molar-refractivity contribution is 7.11. The van der Waals surface area contributed by atoms with Gasteiger partial charge in [-0.3, -0.25) is 0 Å². The summed E-state index contributed by atoms with van der Waals surface area (Å²) < 4.78 is 5.76. The molecule has 0 spiro atoms. The maximum absolute atomic E-state index is 5.76. The van der Waals surface area contributed by atoms with Gasteiger partial charge < -0.3 is 10.1 Å². The smallest absolute Gasteiger partial charge is 0.134 e. The number of nitrogens with one attached hydrogen (secondary N) is 1. The van der Waals surface area contributed by atoms with E-state index in [2.05, 4.69) is 29.4 Å². The molecular formula is C14H25N3OS. The van der Waals surface area contributed by atoms with E-state index in [0.717, 1.165) is 42.4 Å². The lowest BCUT2D eigenvalue weighted by Gasteiger charge is -2.21. The molecule has 1 aromatic heterocycles. The maximum Gasteiger partial charge on any atom is 0.134 e. The van der Waals surface area contributed by atoms with E-state index in [0.29, 0.717) is 12.1 Å². The van der Waals surface area contributed by atoms with Gasteiger partial charge in [0.05, 0.1) is 12.1 Å². The van der Waals surface area contributed by atoms with Crippen LogP contribution >= 0.6 is 11.3 Å². The predicted octanol–water partition coefficient (Wildman–Crippen LogP) is 3.10. The van der Waals surface area contributed by atoms with Gasteiger partial charge in [0.1, 0.15) is 10.0 Å². The Bertz CT molecular complexity index is 363. The zero-order chi connectivity index (χ0) is 13.5. The molecular weight excluding hydrogens is 258 g/mol. The molecule has 1 N–H and O–H groups in total. The van der Waals surface area contributed by atoms with Crippen LogP contribution in [0.25, 0.3) is 0 Å². The molecule has 0 saturated carbocycles. The number of ether oxygens (including phenoxy) is 1. The number of aryl methyl sites for hydroxylation is 1. The second-order valence-corrected chi connectivity index (χ2v) is 6.17. The molecule has 2 unspecified atom stereocenters. The zero-order valence-corrected chi connectivity index (χ0v) is 12.8. The summed E-state index contributed by atoms with van der Waals surface area (Å²) in [6.07, 6.45) is 7.34. The summed E-state index contributed by atoms with van der Waals surface area (Å²) in [6.45, 7) is 6.23. The molecule has 1 aromatic rings. The molecule has 5 heteroatoms. The fourth-order valence-corrected chi connectivity index (χ4v) is 3.50. The summed E-state index contributed by atoms with van der Waals surface area (Å²) in [7, 11) is 0. The minimum atomic E-state index is 0.363. The van der Waals surface area contributed by atoms with Crippen molar-refractivity contribution in [1.82, 2.24) is 15.5 Å². The molecule has 2 rings (SSSR count). The molecule has 108 valence electrons. The molecule has 1 aliphatic heterocycles. The van der Waals surface area contributed by atoms with Crippen LogP contribution in [-0.2, 0) is 11.2 Å². The van der Waals surface area contributed by atoms with Crippen LogP contribution in [0.2, 0.25) is 0 Å². The van der Waals surface area contributed by atoms with Crippen LogP contribution in [0, 0.1) is 0 Å². The molecule has 0 aliphatic carbocycles. The summed E-state index contributed by atoms with van der Waals surface area (Å²) in [6, 6.07) is 0.363. The Morgan fingerprint density at radius 3 is 2.95 bits per heavy atom. The summed E-state index contributed by atoms with van der Waals surface area (Å²) in [5.74, 6) is 0. The second kappa shape index (κ2) is 7.92. The summed E-state index contributed by atoms with van der Waals surface area (Å²) in [4.78, 5) is 0. The van der Waals surface area contributed by atoms with Gasteiger partial charge in [-0.1, -0.05) is 25.2 Å². The van der Waals surface area contributed by atoms with Gasteiger partial charge in [-0.2, -0.15) is 0 Å². The van der Waals surface area contributed by atoms with E-state index in [9.17, 15) is 0 Å². The Morgan fingerprint density at radius 2 is 2.26 bits per heavy atom. The van der Waals surface area contributed by atoms with Crippen LogP contribution in [0.4, 0.5) is 0 Å². The highest BCUT2D eigenvalue weighted by atomic mass is 32.1. The van der Waals surface area contributed by atoms with Crippen molar-refractivity contribution in [2.45, 2.75) is 64.5 Å². The minimum Gasteiger partial charge on any atom is -0.378 e. The lowest BCUT2D eigenvalue weighted by Crippen LogP contribution is -2.19. The Kier molecular flexibility index (Phi) is 6.20. The van der Waals surface area contributed by atoms with E-state index in [1.165, 1.54) is 19.3 Å². The molecule has 0 bridgehead atoms. The zero-order valence-electron chi connectivity index (χ0n) is 12.0. The summed E-state index contributed by atoms with van der Waals surface area (Å²) >= 11 is 1.75. The molecule has 1 aliphatic rings. The molecule has 2 atom stereocenters. The van der Waals surface area contributed by atoms with Crippen molar-refractivity contribution in [3.8, 4) is 0 Å². The quantitative estimate of drug-likeness (QED) is 0.835. The predicted molar refractivity (Wildman–Crippen MR) is 78.5 cm³/mol. The van der Waals surface area contributed by atoms with Crippen molar-refractivity contribution in [3.63, 3.8) is 0 Å². The largest absolute Gasteiger partial charge is 0.378 e. The van der Waals surface area contributed by atoms with Crippen LogP contribution in [-0.4, -0.2) is 29.5 Å². The van der Waals surface area contributed by atoms with Crippen molar-refractivity contribution in [3.05, 3.63) is 10.0 Å². The van der Waals surface area contributed by atoms with E-state index in [-0.39, 0.29) is 0 Å². The second-order valence-electron chi connectivity index (χ2n) is 5.08. The number of hydrogen-bond acceptors (Lipinski definition) is 5. The van der Waals surface area contributed by atoms with Crippen LogP contribution in [0.3, 0.4) is 0 Å². The average Bonchev–Trinajstić information content (AvgIpc) is 2.92. The first-order valence-electron chi connectivity index (χ1n) is 7.50. The van der Waals surface area contributed by atoms with Gasteiger partial charge in [-0.05, 0) is 38.6 Å². The molecule has 0 amide bonds.